The van der Waals surface area contributed by atoms with Gasteiger partial charge < -0.3 is 9.88 Å². The van der Waals surface area contributed by atoms with Crippen molar-refractivity contribution in [1.29, 1.82) is 0 Å². The molecular formula is C19H20N2O2S. The van der Waals surface area contributed by atoms with Crippen LogP contribution in [-0.2, 0) is 18.4 Å². The first-order valence-electron chi connectivity index (χ1n) is 8.81. The van der Waals surface area contributed by atoms with Gasteiger partial charge in [0.1, 0.15) is 5.56 Å². The second-order valence-electron chi connectivity index (χ2n) is 7.23. The lowest BCUT2D eigenvalue weighted by atomic mass is 9.66. The second kappa shape index (κ2) is 5.06. The van der Waals surface area contributed by atoms with Crippen LogP contribution in [0, 0.1) is 5.92 Å². The molecule has 4 nitrogen and oxygen atoms in total. The largest absolute Gasteiger partial charge is 0.328 e. The molecule has 2 aromatic heterocycles. The van der Waals surface area contributed by atoms with Crippen LogP contribution in [0.5, 0.6) is 0 Å². The van der Waals surface area contributed by atoms with Gasteiger partial charge in [0.05, 0.1) is 5.54 Å². The van der Waals surface area contributed by atoms with Crippen molar-refractivity contribution in [2.45, 2.75) is 44.1 Å². The van der Waals surface area contributed by atoms with E-state index in [1.807, 2.05) is 4.90 Å². The number of aryl methyl sites for hydroxylation is 1. The molecule has 2 aromatic rings. The summed E-state index contributed by atoms with van der Waals surface area (Å²) in [5.41, 5.74) is 2.18. The lowest BCUT2D eigenvalue weighted by Gasteiger charge is -2.49. The molecule has 2 fully saturated rings. The first-order valence-corrected chi connectivity index (χ1v) is 9.69. The van der Waals surface area contributed by atoms with Gasteiger partial charge in [-0.3, -0.25) is 9.59 Å². The number of pyridine rings is 1. The number of amides is 1. The van der Waals surface area contributed by atoms with Gasteiger partial charge in [0.25, 0.3) is 11.5 Å². The van der Waals surface area contributed by atoms with Crippen molar-refractivity contribution < 1.29 is 4.79 Å². The van der Waals surface area contributed by atoms with Gasteiger partial charge in [-0.05, 0) is 67.0 Å². The van der Waals surface area contributed by atoms with Crippen LogP contribution in [0.25, 0.3) is 0 Å². The van der Waals surface area contributed by atoms with Crippen molar-refractivity contribution in [2.24, 2.45) is 5.92 Å². The Labute approximate surface area is 144 Å². The minimum absolute atomic E-state index is 0.0504. The topological polar surface area (TPSA) is 53.2 Å². The van der Waals surface area contributed by atoms with Crippen molar-refractivity contribution in [3.8, 4) is 0 Å². The number of aromatic amines is 1. The van der Waals surface area contributed by atoms with E-state index in [-0.39, 0.29) is 17.0 Å². The maximum absolute atomic E-state index is 13.4. The van der Waals surface area contributed by atoms with E-state index < -0.39 is 0 Å². The summed E-state index contributed by atoms with van der Waals surface area (Å²) < 4.78 is 0. The molecule has 124 valence electrons. The van der Waals surface area contributed by atoms with E-state index >= 15 is 0 Å². The van der Waals surface area contributed by atoms with Gasteiger partial charge in [-0.2, -0.15) is 0 Å². The smallest absolute Gasteiger partial charge is 0.261 e. The number of aromatic nitrogens is 1. The Morgan fingerprint density at radius 1 is 1.33 bits per heavy atom. The molecule has 1 N–H and O–H groups in total. The van der Waals surface area contributed by atoms with Crippen LogP contribution in [0.15, 0.2) is 28.5 Å². The highest BCUT2D eigenvalue weighted by Crippen LogP contribution is 2.58. The summed E-state index contributed by atoms with van der Waals surface area (Å²) in [6.07, 6.45) is 7.91. The zero-order chi connectivity index (χ0) is 16.3. The maximum atomic E-state index is 13.4. The highest BCUT2D eigenvalue weighted by molar-refractivity contribution is 7.10. The standard InChI is InChI=1S/C19H20N2O2S/c22-17-16(14-4-1-3-12(14)11-20-17)18(23)21-9-7-13-6-8-19(13,21)15-5-2-10-24-15/h2,5,10-11,13H,1,3-4,6-9H2,(H,20,22). The molecule has 0 bridgehead atoms. The third-order valence-electron chi connectivity index (χ3n) is 6.31. The van der Waals surface area contributed by atoms with Crippen LogP contribution < -0.4 is 5.56 Å². The molecule has 2 unspecified atom stereocenters. The van der Waals surface area contributed by atoms with Crippen molar-refractivity contribution >= 4 is 17.2 Å². The van der Waals surface area contributed by atoms with Gasteiger partial charge in [0.2, 0.25) is 0 Å². The molecule has 0 aromatic carbocycles. The van der Waals surface area contributed by atoms with Crippen LogP contribution in [0.2, 0.25) is 0 Å². The van der Waals surface area contributed by atoms with Crippen molar-refractivity contribution in [3.63, 3.8) is 0 Å². The quantitative estimate of drug-likeness (QED) is 0.913. The second-order valence-corrected chi connectivity index (χ2v) is 8.18. The molecule has 1 saturated carbocycles. The number of carbonyl (C=O) groups excluding carboxylic acids is 1. The van der Waals surface area contributed by atoms with Gasteiger partial charge in [0, 0.05) is 17.6 Å². The normalized spacial score (nSPS) is 27.7. The molecule has 1 amide bonds. The van der Waals surface area contributed by atoms with Crippen molar-refractivity contribution in [3.05, 3.63) is 55.6 Å². The fourth-order valence-electron chi connectivity index (χ4n) is 5.04. The fraction of sp³-hybridized carbons (Fsp3) is 0.474. The molecule has 1 aliphatic heterocycles. The molecule has 3 aliphatic rings. The predicted octanol–water partition coefficient (Wildman–Crippen LogP) is 3.08. The molecule has 5 rings (SSSR count). The zero-order valence-electron chi connectivity index (χ0n) is 13.5. The summed E-state index contributed by atoms with van der Waals surface area (Å²) >= 11 is 1.74. The molecule has 0 radical (unpaired) electrons. The van der Waals surface area contributed by atoms with Gasteiger partial charge in [-0.15, -0.1) is 11.3 Å². The highest BCUT2D eigenvalue weighted by atomic mass is 32.1. The van der Waals surface area contributed by atoms with Crippen LogP contribution >= 0.6 is 11.3 Å². The van der Waals surface area contributed by atoms with Gasteiger partial charge >= 0.3 is 0 Å². The molecule has 2 aliphatic carbocycles. The van der Waals surface area contributed by atoms with E-state index in [0.29, 0.717) is 11.5 Å². The summed E-state index contributed by atoms with van der Waals surface area (Å²) in [4.78, 5) is 32.0. The molecular weight excluding hydrogens is 320 g/mol. The predicted molar refractivity (Wildman–Crippen MR) is 93.5 cm³/mol. The summed E-state index contributed by atoms with van der Waals surface area (Å²) in [5, 5.41) is 2.09. The van der Waals surface area contributed by atoms with Gasteiger partial charge in [-0.25, -0.2) is 0 Å². The number of likely N-dealkylation sites (tertiary alicyclic amines) is 1. The van der Waals surface area contributed by atoms with E-state index in [0.717, 1.165) is 49.8 Å². The first-order chi connectivity index (χ1) is 11.7. The first kappa shape index (κ1) is 14.5. The summed E-state index contributed by atoms with van der Waals surface area (Å²) in [6, 6.07) is 4.22. The molecule has 3 heterocycles. The average Bonchev–Trinajstić information content (AvgIpc) is 3.27. The molecule has 24 heavy (non-hydrogen) atoms. The van der Waals surface area contributed by atoms with E-state index in [4.69, 9.17) is 0 Å². The Kier molecular flexibility index (Phi) is 3.05. The van der Waals surface area contributed by atoms with Crippen LogP contribution in [0.4, 0.5) is 0 Å². The third kappa shape index (κ3) is 1.73. The lowest BCUT2D eigenvalue weighted by Crippen LogP contribution is -2.54. The highest BCUT2D eigenvalue weighted by Gasteiger charge is 2.58. The van der Waals surface area contributed by atoms with Crippen LogP contribution in [0.1, 0.15) is 52.0 Å². The molecule has 0 spiro atoms. The minimum Gasteiger partial charge on any atom is -0.328 e. The Hall–Kier alpha value is -1.88. The number of hydrogen-bond donors (Lipinski definition) is 1. The van der Waals surface area contributed by atoms with E-state index in [1.165, 1.54) is 11.3 Å². The lowest BCUT2D eigenvalue weighted by molar-refractivity contribution is 0.0164. The summed E-state index contributed by atoms with van der Waals surface area (Å²) in [7, 11) is 0. The van der Waals surface area contributed by atoms with Gasteiger partial charge in [-0.1, -0.05) is 6.07 Å². The third-order valence-corrected chi connectivity index (χ3v) is 7.34. The number of hydrogen-bond acceptors (Lipinski definition) is 3. The molecule has 2 atom stereocenters. The number of thiophene rings is 1. The number of carbonyl (C=O) groups is 1. The number of fused-ring (bicyclic) bond motifs is 2. The van der Waals surface area contributed by atoms with Crippen LogP contribution in [-0.4, -0.2) is 22.3 Å². The fourth-order valence-corrected chi connectivity index (χ4v) is 6.09. The average molecular weight is 340 g/mol. The monoisotopic (exact) mass is 340 g/mol. The molecule has 5 heteroatoms. The van der Waals surface area contributed by atoms with Crippen molar-refractivity contribution in [1.82, 2.24) is 9.88 Å². The Balaban J connectivity index is 1.61. The van der Waals surface area contributed by atoms with Gasteiger partial charge in [0.15, 0.2) is 0 Å². The maximum Gasteiger partial charge on any atom is 0.261 e. The minimum atomic E-state index is -0.218. The molecule has 1 saturated heterocycles. The van der Waals surface area contributed by atoms with Crippen molar-refractivity contribution in [2.75, 3.05) is 6.54 Å². The van der Waals surface area contributed by atoms with E-state index in [1.54, 1.807) is 17.5 Å². The Morgan fingerprint density at radius 2 is 2.25 bits per heavy atom. The number of nitrogens with one attached hydrogen (secondary N) is 1. The van der Waals surface area contributed by atoms with Crippen LogP contribution in [0.3, 0.4) is 0 Å². The van der Waals surface area contributed by atoms with E-state index in [2.05, 4.69) is 22.5 Å². The summed E-state index contributed by atoms with van der Waals surface area (Å²) in [5.74, 6) is 0.501. The zero-order valence-corrected chi connectivity index (χ0v) is 14.3. The summed E-state index contributed by atoms with van der Waals surface area (Å²) in [6.45, 7) is 0.768. The Bertz CT molecular complexity index is 870. The number of nitrogens with zero attached hydrogens (tertiary/aromatic N) is 1. The SMILES string of the molecule is O=C(c1c2c(c[nH]c1=O)CCC2)N1CCC2CCC21c1cccs1. The number of rotatable bonds is 2. The Morgan fingerprint density at radius 3 is 3.00 bits per heavy atom. The van der Waals surface area contributed by atoms with E-state index in [9.17, 15) is 9.59 Å². The number of H-pyrrole nitrogens is 1.